The van der Waals surface area contributed by atoms with Gasteiger partial charge in [0.15, 0.2) is 0 Å². The maximum absolute atomic E-state index is 14.9. The Labute approximate surface area is 366 Å². The number of fused-ring (bicyclic) bond motifs is 1. The van der Waals surface area contributed by atoms with Crippen molar-refractivity contribution in [3.8, 4) is 16.9 Å². The standard InChI is InChI=1S/C53H63N3O6/c1-3-33(27-34-11-5-4-6-12-34)29-45-53-23-21-40(41-19-20-42-44(61-51(59)48(42)49(41)53)16-10-13-35-22-25-56-46(30-35)54-2)47(50(53)52(60)62-45)43-31-38(58)17-18-39(43)37-15-9-14-36(28-37)32-55-24-7-8-26-57/h4-6,9,11-12,14-18,28-29,31,33,35,40-41,46,49,54-58H,3,7-8,10,13,19-27,30,32H2,1-2H3/t33-,35-,40+,41+,46-,49+,53+/m0/s1. The first-order valence-electron chi connectivity index (χ1n) is 23.4. The fourth-order valence-corrected chi connectivity index (χ4v) is 12.0. The van der Waals surface area contributed by atoms with Crippen LogP contribution in [0, 0.1) is 35.0 Å². The van der Waals surface area contributed by atoms with Crippen LogP contribution >= 0.6 is 0 Å². The first-order chi connectivity index (χ1) is 30.3. The third-order valence-corrected chi connectivity index (χ3v) is 15.0. The van der Waals surface area contributed by atoms with E-state index in [1.807, 2.05) is 25.2 Å². The van der Waals surface area contributed by atoms with Crippen LogP contribution in [-0.4, -0.2) is 55.1 Å². The predicted molar refractivity (Wildman–Crippen MR) is 242 cm³/mol. The van der Waals surface area contributed by atoms with Crippen molar-refractivity contribution in [1.29, 1.82) is 0 Å². The molecule has 326 valence electrons. The van der Waals surface area contributed by atoms with E-state index in [1.54, 1.807) is 6.07 Å². The number of esters is 2. The summed E-state index contributed by atoms with van der Waals surface area (Å²) in [5.41, 5.74) is 7.76. The fourth-order valence-electron chi connectivity index (χ4n) is 12.0. The Kier molecular flexibility index (Phi) is 12.7. The van der Waals surface area contributed by atoms with E-state index in [9.17, 15) is 19.8 Å². The molecule has 5 N–H and O–H groups in total. The molecule has 3 aromatic carbocycles. The van der Waals surface area contributed by atoms with Crippen LogP contribution in [0.1, 0.15) is 94.2 Å². The zero-order valence-corrected chi connectivity index (χ0v) is 36.4. The van der Waals surface area contributed by atoms with Gasteiger partial charge in [0.25, 0.3) is 0 Å². The second kappa shape index (κ2) is 18.5. The number of phenols is 1. The monoisotopic (exact) mass is 837 g/mol. The molecule has 0 unspecified atom stereocenters. The van der Waals surface area contributed by atoms with E-state index in [0.29, 0.717) is 36.4 Å². The molecule has 3 aromatic rings. The van der Waals surface area contributed by atoms with Crippen molar-refractivity contribution in [2.45, 2.75) is 96.7 Å². The van der Waals surface area contributed by atoms with Crippen LogP contribution in [0.3, 0.4) is 0 Å². The minimum Gasteiger partial charge on any atom is -0.508 e. The van der Waals surface area contributed by atoms with E-state index in [1.165, 1.54) is 5.56 Å². The second-order valence-corrected chi connectivity index (χ2v) is 18.5. The molecule has 9 nitrogen and oxygen atoms in total. The molecule has 9 heteroatoms. The second-order valence-electron chi connectivity index (χ2n) is 18.5. The number of carbonyl (C=O) groups is 2. The Morgan fingerprint density at radius 3 is 2.61 bits per heavy atom. The number of allylic oxidation sites excluding steroid dienone is 5. The lowest BCUT2D eigenvalue weighted by atomic mass is 9.44. The number of benzene rings is 3. The highest BCUT2D eigenvalue weighted by Crippen LogP contribution is 2.72. The number of rotatable bonds is 16. The average molecular weight is 838 g/mol. The highest BCUT2D eigenvalue weighted by atomic mass is 16.5. The Morgan fingerprint density at radius 1 is 0.935 bits per heavy atom. The molecule has 2 bridgehead atoms. The maximum Gasteiger partial charge on any atom is 0.340 e. The number of aromatic hydroxyl groups is 1. The third kappa shape index (κ3) is 8.02. The van der Waals surface area contributed by atoms with Crippen molar-refractivity contribution in [2.75, 3.05) is 26.7 Å². The van der Waals surface area contributed by atoms with Crippen LogP contribution in [0.25, 0.3) is 16.7 Å². The smallest absolute Gasteiger partial charge is 0.340 e. The summed E-state index contributed by atoms with van der Waals surface area (Å²) >= 11 is 0. The zero-order chi connectivity index (χ0) is 42.8. The quantitative estimate of drug-likeness (QED) is 0.0710. The summed E-state index contributed by atoms with van der Waals surface area (Å²) in [6, 6.07) is 24.5. The summed E-state index contributed by atoms with van der Waals surface area (Å²) in [4.78, 5) is 29.3. The Morgan fingerprint density at radius 2 is 1.79 bits per heavy atom. The minimum absolute atomic E-state index is 0.0121. The zero-order valence-electron chi connectivity index (χ0n) is 36.4. The van der Waals surface area contributed by atoms with Gasteiger partial charge in [0, 0.05) is 30.2 Å². The SMILES string of the molecule is CC[C@H](C=C1OC(=O)C2=C(c3cc(O)ccc3-c3cccc(CNCCCCO)c3)[C@@H]3CC[C@]12[C@H]1C2=C(CC[C@H]31)C(=CCC[C@H]1CCN[C@H](NC)C1)OC2=O)Cc1ccccc1. The maximum atomic E-state index is 14.9. The topological polar surface area (TPSA) is 129 Å². The van der Waals surface area contributed by atoms with Crippen LogP contribution in [0.4, 0.5) is 0 Å². The van der Waals surface area contributed by atoms with Gasteiger partial charge in [-0.05, 0) is 185 Å². The molecule has 0 aromatic heterocycles. The van der Waals surface area contributed by atoms with Crippen LogP contribution < -0.4 is 16.0 Å². The summed E-state index contributed by atoms with van der Waals surface area (Å²) < 4.78 is 12.9. The van der Waals surface area contributed by atoms with Crippen molar-refractivity contribution in [2.24, 2.45) is 35.0 Å². The van der Waals surface area contributed by atoms with Crippen molar-refractivity contribution in [1.82, 2.24) is 16.0 Å². The minimum atomic E-state index is -0.842. The van der Waals surface area contributed by atoms with Gasteiger partial charge in [-0.2, -0.15) is 0 Å². The molecule has 7 aliphatic rings. The number of phenolic OH excluding ortho intramolecular Hbond substituents is 1. The first kappa shape index (κ1) is 42.5. The van der Waals surface area contributed by atoms with Crippen LogP contribution in [-0.2, 0) is 32.0 Å². The number of nitrogens with one attached hydrogen (secondary N) is 3. The van der Waals surface area contributed by atoms with Crippen molar-refractivity contribution < 1.29 is 29.3 Å². The number of piperidine rings is 1. The van der Waals surface area contributed by atoms with Crippen molar-refractivity contribution in [3.63, 3.8) is 0 Å². The predicted octanol–water partition coefficient (Wildman–Crippen LogP) is 8.88. The van der Waals surface area contributed by atoms with Gasteiger partial charge in [0.05, 0.1) is 17.2 Å². The van der Waals surface area contributed by atoms with E-state index < -0.39 is 5.41 Å². The number of unbranched alkanes of at least 4 members (excludes halogenated alkanes) is 1. The lowest BCUT2D eigenvalue weighted by molar-refractivity contribution is -0.135. The van der Waals surface area contributed by atoms with Crippen molar-refractivity contribution in [3.05, 3.63) is 130 Å². The first-order valence-corrected chi connectivity index (χ1v) is 23.4. The summed E-state index contributed by atoms with van der Waals surface area (Å²) in [5, 5.41) is 30.9. The fraction of sp³-hybridized carbons (Fsp3) is 0.472. The number of carbonyl (C=O) groups excluding carboxylic acids is 2. The van der Waals surface area contributed by atoms with E-state index in [4.69, 9.17) is 9.47 Å². The third-order valence-electron chi connectivity index (χ3n) is 15.0. The molecule has 1 spiro atoms. The van der Waals surface area contributed by atoms with Gasteiger partial charge < -0.3 is 35.6 Å². The Bertz CT molecular complexity index is 2290. The van der Waals surface area contributed by atoms with Crippen molar-refractivity contribution >= 4 is 17.5 Å². The summed E-state index contributed by atoms with van der Waals surface area (Å²) in [5.74, 6) is 1.48. The Balaban J connectivity index is 1.14. The molecule has 2 saturated heterocycles. The highest BCUT2D eigenvalue weighted by Gasteiger charge is 2.68. The highest BCUT2D eigenvalue weighted by molar-refractivity contribution is 6.07. The summed E-state index contributed by atoms with van der Waals surface area (Å²) in [6.07, 6.45) is 15.4. The van der Waals surface area contributed by atoms with Gasteiger partial charge in [0.1, 0.15) is 17.3 Å². The normalized spacial score (nSPS) is 28.3. The van der Waals surface area contributed by atoms with Crippen LogP contribution in [0.5, 0.6) is 5.75 Å². The van der Waals surface area contributed by atoms with Gasteiger partial charge in [-0.25, -0.2) is 9.59 Å². The molecule has 4 aliphatic carbocycles. The van der Waals surface area contributed by atoms with Gasteiger partial charge in [-0.15, -0.1) is 0 Å². The van der Waals surface area contributed by atoms with E-state index in [2.05, 4.69) is 83.6 Å². The van der Waals surface area contributed by atoms with Crippen LogP contribution in [0.15, 0.2) is 113 Å². The Hall–Kier alpha value is -4.80. The van der Waals surface area contributed by atoms with E-state index >= 15 is 0 Å². The molecule has 3 fully saturated rings. The number of ether oxygens (including phenoxy) is 2. The molecule has 10 rings (SSSR count). The van der Waals surface area contributed by atoms with E-state index in [-0.39, 0.29) is 48.0 Å². The average Bonchev–Trinajstić information content (AvgIpc) is 3.78. The molecule has 62 heavy (non-hydrogen) atoms. The molecule has 0 amide bonds. The summed E-state index contributed by atoms with van der Waals surface area (Å²) in [6.45, 7) is 4.89. The summed E-state index contributed by atoms with van der Waals surface area (Å²) in [7, 11) is 2.01. The lowest BCUT2D eigenvalue weighted by Gasteiger charge is -2.56. The molecule has 1 saturated carbocycles. The lowest BCUT2D eigenvalue weighted by Crippen LogP contribution is -2.52. The molecule has 3 heterocycles. The van der Waals surface area contributed by atoms with Crippen LogP contribution in [0.2, 0.25) is 0 Å². The number of cyclic esters (lactones) is 2. The van der Waals surface area contributed by atoms with Gasteiger partial charge in [0.2, 0.25) is 0 Å². The number of hydrogen-bond acceptors (Lipinski definition) is 9. The van der Waals surface area contributed by atoms with E-state index in [0.717, 1.165) is 128 Å². The number of aliphatic hydroxyl groups is 1. The molecule has 0 radical (unpaired) electrons. The molecule has 3 aliphatic heterocycles. The molecular formula is C53H63N3O6. The number of hydrogen-bond donors (Lipinski definition) is 5. The van der Waals surface area contributed by atoms with Gasteiger partial charge in [-0.3, -0.25) is 0 Å². The largest absolute Gasteiger partial charge is 0.508 e. The number of aliphatic hydroxyl groups excluding tert-OH is 1. The molecular weight excluding hydrogens is 775 g/mol. The molecule has 7 atom stereocenters. The van der Waals surface area contributed by atoms with Gasteiger partial charge >= 0.3 is 11.9 Å². The van der Waals surface area contributed by atoms with Gasteiger partial charge in [-0.1, -0.05) is 61.5 Å².